The summed E-state index contributed by atoms with van der Waals surface area (Å²) in [6.45, 7) is 4.70. The molecule has 1 heterocycles. The first-order valence-electron chi connectivity index (χ1n) is 9.06. The number of amides is 1. The summed E-state index contributed by atoms with van der Waals surface area (Å²) < 4.78 is 31.6. The van der Waals surface area contributed by atoms with Crippen molar-refractivity contribution in [1.82, 2.24) is 0 Å². The van der Waals surface area contributed by atoms with Crippen LogP contribution < -0.4 is 14.4 Å². The highest BCUT2D eigenvalue weighted by molar-refractivity contribution is 7.92. The number of nitrogens with zero attached hydrogens (tertiary/aromatic N) is 1. The fourth-order valence-electron chi connectivity index (χ4n) is 3.18. The Morgan fingerprint density at radius 2 is 1.96 bits per heavy atom. The van der Waals surface area contributed by atoms with E-state index >= 15 is 0 Å². The lowest BCUT2D eigenvalue weighted by Gasteiger charge is -2.29. The molecule has 27 heavy (non-hydrogen) atoms. The van der Waals surface area contributed by atoms with Gasteiger partial charge in [-0.2, -0.15) is 0 Å². The van der Waals surface area contributed by atoms with Crippen molar-refractivity contribution in [2.45, 2.75) is 26.7 Å². The monoisotopic (exact) mass is 388 g/mol. The van der Waals surface area contributed by atoms with Crippen molar-refractivity contribution in [3.63, 3.8) is 0 Å². The summed E-state index contributed by atoms with van der Waals surface area (Å²) >= 11 is 0. The minimum absolute atomic E-state index is 0.170. The van der Waals surface area contributed by atoms with Gasteiger partial charge in [-0.15, -0.1) is 0 Å². The Balaban J connectivity index is 1.82. The topological polar surface area (TPSA) is 75.7 Å². The highest BCUT2D eigenvalue weighted by Gasteiger charge is 2.27. The van der Waals surface area contributed by atoms with Gasteiger partial charge in [-0.1, -0.05) is 12.1 Å². The van der Waals surface area contributed by atoms with Crippen molar-refractivity contribution >= 4 is 27.3 Å². The van der Waals surface area contributed by atoms with Crippen molar-refractivity contribution in [1.29, 1.82) is 0 Å². The summed E-state index contributed by atoms with van der Waals surface area (Å²) in [6, 6.07) is 12.3. The average molecular weight is 388 g/mol. The molecule has 144 valence electrons. The second-order valence-corrected chi connectivity index (χ2v) is 8.49. The van der Waals surface area contributed by atoms with Gasteiger partial charge in [0.15, 0.2) is 0 Å². The van der Waals surface area contributed by atoms with Crippen LogP contribution in [0.15, 0.2) is 42.5 Å². The lowest BCUT2D eigenvalue weighted by molar-refractivity contribution is 0.102. The molecular formula is C20H24N2O4S. The molecule has 0 bridgehead atoms. The number of nitrogens with one attached hydrogen (secondary N) is 1. The maximum atomic E-state index is 12.6. The Morgan fingerprint density at radius 3 is 2.67 bits per heavy atom. The van der Waals surface area contributed by atoms with Gasteiger partial charge in [0, 0.05) is 12.1 Å². The molecule has 2 aromatic rings. The summed E-state index contributed by atoms with van der Waals surface area (Å²) in [7, 11) is -3.28. The first-order chi connectivity index (χ1) is 12.9. The smallest absolute Gasteiger partial charge is 0.255 e. The highest BCUT2D eigenvalue weighted by Crippen LogP contribution is 2.29. The van der Waals surface area contributed by atoms with E-state index in [1.54, 1.807) is 30.3 Å². The van der Waals surface area contributed by atoms with Crippen molar-refractivity contribution in [2.75, 3.05) is 28.5 Å². The minimum atomic E-state index is -3.28. The van der Waals surface area contributed by atoms with Crippen molar-refractivity contribution in [3.05, 3.63) is 53.6 Å². The summed E-state index contributed by atoms with van der Waals surface area (Å²) in [5.41, 5.74) is 2.47. The van der Waals surface area contributed by atoms with Crippen molar-refractivity contribution in [2.24, 2.45) is 0 Å². The molecular weight excluding hydrogens is 364 g/mol. The largest absolute Gasteiger partial charge is 0.492 e. The van der Waals surface area contributed by atoms with Gasteiger partial charge >= 0.3 is 0 Å². The van der Waals surface area contributed by atoms with Crippen LogP contribution >= 0.6 is 0 Å². The number of hydrogen-bond acceptors (Lipinski definition) is 4. The third kappa shape index (κ3) is 4.24. The van der Waals surface area contributed by atoms with E-state index in [0.717, 1.165) is 12.0 Å². The van der Waals surface area contributed by atoms with Crippen LogP contribution in [0.25, 0.3) is 0 Å². The SMILES string of the molecule is CCOc1ccccc1NC(=O)c1ccc(N2CCCCS2(=O)=O)c(C)c1. The molecule has 1 saturated heterocycles. The molecule has 1 N–H and O–H groups in total. The zero-order valence-corrected chi connectivity index (χ0v) is 16.4. The van der Waals surface area contributed by atoms with E-state index in [4.69, 9.17) is 4.74 Å². The number of ether oxygens (including phenoxy) is 1. The van der Waals surface area contributed by atoms with Crippen LogP contribution in [-0.4, -0.2) is 33.2 Å². The fourth-order valence-corrected chi connectivity index (χ4v) is 4.88. The molecule has 1 aliphatic rings. The molecule has 0 aliphatic carbocycles. The highest BCUT2D eigenvalue weighted by atomic mass is 32.2. The summed E-state index contributed by atoms with van der Waals surface area (Å²) in [5, 5.41) is 2.86. The van der Waals surface area contributed by atoms with Crippen molar-refractivity contribution in [3.8, 4) is 5.75 Å². The molecule has 1 fully saturated rings. The van der Waals surface area contributed by atoms with Gasteiger partial charge in [-0.3, -0.25) is 9.10 Å². The summed E-state index contributed by atoms with van der Waals surface area (Å²) in [6.07, 6.45) is 1.53. The first kappa shape index (κ1) is 19.2. The maximum Gasteiger partial charge on any atom is 0.255 e. The van der Waals surface area contributed by atoms with Gasteiger partial charge in [0.1, 0.15) is 5.75 Å². The number of rotatable bonds is 5. The number of aryl methyl sites for hydroxylation is 1. The zero-order chi connectivity index (χ0) is 19.4. The van der Waals surface area contributed by atoms with Gasteiger partial charge < -0.3 is 10.1 Å². The molecule has 0 atom stereocenters. The molecule has 0 radical (unpaired) electrons. The average Bonchev–Trinajstić information content (AvgIpc) is 2.63. The molecule has 2 aromatic carbocycles. The molecule has 7 heteroatoms. The molecule has 0 saturated carbocycles. The quantitative estimate of drug-likeness (QED) is 0.849. The number of anilines is 2. The molecule has 6 nitrogen and oxygen atoms in total. The van der Waals surface area contributed by atoms with Crippen LogP contribution in [0.5, 0.6) is 5.75 Å². The van der Waals surface area contributed by atoms with E-state index in [1.807, 2.05) is 26.0 Å². The number of carbonyl (C=O) groups excluding carboxylic acids is 1. The van der Waals surface area contributed by atoms with E-state index in [9.17, 15) is 13.2 Å². The third-order valence-electron chi connectivity index (χ3n) is 4.51. The molecule has 1 aliphatic heterocycles. The number of carbonyl (C=O) groups is 1. The molecule has 0 spiro atoms. The second-order valence-electron chi connectivity index (χ2n) is 6.48. The molecule has 0 unspecified atom stereocenters. The fraction of sp³-hybridized carbons (Fsp3) is 0.350. The van der Waals surface area contributed by atoms with Crippen LogP contribution in [0, 0.1) is 6.92 Å². The Morgan fingerprint density at radius 1 is 1.19 bits per heavy atom. The van der Waals surface area contributed by atoms with Crippen LogP contribution in [0.3, 0.4) is 0 Å². The second kappa shape index (κ2) is 8.00. The molecule has 3 rings (SSSR count). The minimum Gasteiger partial charge on any atom is -0.492 e. The van der Waals surface area contributed by atoms with Crippen molar-refractivity contribution < 1.29 is 17.9 Å². The zero-order valence-electron chi connectivity index (χ0n) is 15.6. The Bertz CT molecular complexity index is 941. The van der Waals surface area contributed by atoms with Gasteiger partial charge in [0.05, 0.1) is 23.7 Å². The van der Waals surface area contributed by atoms with E-state index in [2.05, 4.69) is 5.32 Å². The van der Waals surface area contributed by atoms with Gasteiger partial charge in [-0.05, 0) is 62.6 Å². The molecule has 1 amide bonds. The third-order valence-corrected chi connectivity index (χ3v) is 6.37. The van der Waals surface area contributed by atoms with Crippen LogP contribution in [0.1, 0.15) is 35.7 Å². The summed E-state index contributed by atoms with van der Waals surface area (Å²) in [5.74, 6) is 0.516. The number of benzene rings is 2. The van der Waals surface area contributed by atoms with E-state index in [0.29, 0.717) is 42.3 Å². The maximum absolute atomic E-state index is 12.6. The number of hydrogen-bond donors (Lipinski definition) is 1. The Kier molecular flexibility index (Phi) is 5.70. The van der Waals surface area contributed by atoms with E-state index < -0.39 is 10.0 Å². The van der Waals surface area contributed by atoms with Crippen LogP contribution in [0.4, 0.5) is 11.4 Å². The van der Waals surface area contributed by atoms with Gasteiger partial charge in [0.2, 0.25) is 10.0 Å². The predicted octanol–water partition coefficient (Wildman–Crippen LogP) is 3.58. The van der Waals surface area contributed by atoms with Gasteiger partial charge in [-0.25, -0.2) is 8.42 Å². The number of para-hydroxylation sites is 2. The summed E-state index contributed by atoms with van der Waals surface area (Å²) in [4.78, 5) is 12.6. The lowest BCUT2D eigenvalue weighted by Crippen LogP contribution is -2.38. The number of sulfonamides is 1. The first-order valence-corrected chi connectivity index (χ1v) is 10.7. The lowest BCUT2D eigenvalue weighted by atomic mass is 10.1. The standard InChI is InChI=1S/C20H24N2O4S/c1-3-26-19-9-5-4-8-17(19)21-20(23)16-10-11-18(15(2)14-16)22-12-6-7-13-27(22,24)25/h4-5,8-11,14H,3,6-7,12-13H2,1-2H3,(H,21,23). The Labute approximate surface area is 160 Å². The van der Waals surface area contributed by atoms with Gasteiger partial charge in [0.25, 0.3) is 5.91 Å². The van der Waals surface area contributed by atoms with E-state index in [-0.39, 0.29) is 11.7 Å². The molecule has 0 aromatic heterocycles. The van der Waals surface area contributed by atoms with Crippen LogP contribution in [0.2, 0.25) is 0 Å². The van der Waals surface area contributed by atoms with Crippen LogP contribution in [-0.2, 0) is 10.0 Å². The normalized spacial score (nSPS) is 16.0. The van der Waals surface area contributed by atoms with E-state index in [1.165, 1.54) is 4.31 Å². The predicted molar refractivity (Wildman–Crippen MR) is 107 cm³/mol. The Hall–Kier alpha value is -2.54.